The molecule has 0 unspecified atom stereocenters. The molecule has 44 heavy (non-hydrogen) atoms. The molecule has 0 atom stereocenters. The fourth-order valence-electron chi connectivity index (χ4n) is 5.12. The van der Waals surface area contributed by atoms with Crippen LogP contribution in [-0.4, -0.2) is 54.3 Å². The van der Waals surface area contributed by atoms with Gasteiger partial charge >= 0.3 is 11.9 Å². The Morgan fingerprint density at radius 1 is 0.523 bits per heavy atom. The predicted molar refractivity (Wildman–Crippen MR) is 180 cm³/mol. The first-order valence-corrected chi connectivity index (χ1v) is 14.5. The van der Waals surface area contributed by atoms with Crippen molar-refractivity contribution >= 4 is 34.5 Å². The van der Waals surface area contributed by atoms with Crippen molar-refractivity contribution in [2.24, 2.45) is 11.8 Å². The molecule has 6 heteroatoms. The zero-order valence-corrected chi connectivity index (χ0v) is 26.2. The molecule has 4 aromatic carbocycles. The van der Waals surface area contributed by atoms with Crippen molar-refractivity contribution in [2.75, 3.05) is 52.2 Å². The van der Waals surface area contributed by atoms with Crippen molar-refractivity contribution in [3.05, 3.63) is 144 Å². The summed E-state index contributed by atoms with van der Waals surface area (Å²) in [4.78, 5) is 30.7. The van der Waals surface area contributed by atoms with Crippen molar-refractivity contribution in [1.82, 2.24) is 0 Å². The fraction of sp³-hybridized carbons (Fsp3) is 0.211. The minimum Gasteiger partial charge on any atom is -0.468 e. The molecule has 0 aliphatic carbocycles. The second-order valence-electron chi connectivity index (χ2n) is 10.9. The number of anilines is 2. The molecule has 0 heterocycles. The van der Waals surface area contributed by atoms with Crippen LogP contribution in [-0.2, 0) is 19.1 Å². The Morgan fingerprint density at radius 3 is 1.14 bits per heavy atom. The minimum atomic E-state index is -1.23. The Bertz CT molecular complexity index is 1470. The first-order chi connectivity index (χ1) is 21.2. The number of methoxy groups -OCH3 is 2. The summed E-state index contributed by atoms with van der Waals surface area (Å²) in [5.74, 6) is -3.29. The maximum absolute atomic E-state index is 13.3. The van der Waals surface area contributed by atoms with Gasteiger partial charge in [0.25, 0.3) is 0 Å². The van der Waals surface area contributed by atoms with Crippen LogP contribution in [0, 0.1) is 11.8 Å². The van der Waals surface area contributed by atoms with Gasteiger partial charge in [0.15, 0.2) is 5.92 Å². The monoisotopic (exact) mass is 588 g/mol. The van der Waals surface area contributed by atoms with Crippen LogP contribution in [0.25, 0.3) is 11.1 Å². The van der Waals surface area contributed by atoms with Gasteiger partial charge in [0, 0.05) is 45.5 Å². The number of allylic oxidation sites excluding steroid dienone is 2. The molecule has 0 aliphatic heterocycles. The van der Waals surface area contributed by atoms with Crippen molar-refractivity contribution in [2.45, 2.75) is 0 Å². The summed E-state index contributed by atoms with van der Waals surface area (Å²) in [6.07, 6.45) is 3.96. The highest BCUT2D eigenvalue weighted by Crippen LogP contribution is 2.34. The molecule has 0 aliphatic rings. The summed E-state index contributed by atoms with van der Waals surface area (Å²) in [5, 5.41) is 0. The van der Waals surface area contributed by atoms with E-state index >= 15 is 0 Å². The second kappa shape index (κ2) is 14.9. The van der Waals surface area contributed by atoms with Crippen molar-refractivity contribution in [3.63, 3.8) is 0 Å². The molecule has 0 saturated carbocycles. The predicted octanol–water partition coefficient (Wildman–Crippen LogP) is 6.96. The normalized spacial score (nSPS) is 12.4. The average Bonchev–Trinajstić information content (AvgIpc) is 3.06. The second-order valence-corrected chi connectivity index (χ2v) is 10.9. The zero-order chi connectivity index (χ0) is 31.6. The highest BCUT2D eigenvalue weighted by atomic mass is 16.5. The fourth-order valence-corrected chi connectivity index (χ4v) is 5.12. The van der Waals surface area contributed by atoms with Crippen LogP contribution in [0.4, 0.5) is 11.4 Å². The van der Waals surface area contributed by atoms with Crippen LogP contribution in [0.5, 0.6) is 0 Å². The van der Waals surface area contributed by atoms with E-state index in [0.717, 1.165) is 44.8 Å². The Balaban J connectivity index is 2.01. The Hall–Kier alpha value is -5.10. The third-order valence-corrected chi connectivity index (χ3v) is 7.57. The molecule has 4 aromatic rings. The van der Waals surface area contributed by atoms with Gasteiger partial charge in [-0.1, -0.05) is 97.1 Å². The number of nitrogens with zero attached hydrogens (tertiary/aromatic N) is 2. The zero-order valence-electron chi connectivity index (χ0n) is 26.2. The van der Waals surface area contributed by atoms with Crippen molar-refractivity contribution in [3.8, 4) is 0 Å². The van der Waals surface area contributed by atoms with Crippen molar-refractivity contribution in [1.29, 1.82) is 0 Å². The summed E-state index contributed by atoms with van der Waals surface area (Å²) >= 11 is 0. The lowest BCUT2D eigenvalue weighted by Gasteiger charge is -2.22. The van der Waals surface area contributed by atoms with E-state index in [1.807, 2.05) is 111 Å². The van der Waals surface area contributed by atoms with Gasteiger partial charge in [-0.2, -0.15) is 0 Å². The molecule has 0 bridgehead atoms. The van der Waals surface area contributed by atoms with E-state index in [-0.39, 0.29) is 0 Å². The van der Waals surface area contributed by atoms with E-state index in [1.165, 1.54) is 14.2 Å². The molecular formula is C38H40N2O4. The lowest BCUT2D eigenvalue weighted by Crippen LogP contribution is -2.32. The van der Waals surface area contributed by atoms with Crippen LogP contribution in [0.15, 0.2) is 121 Å². The number of carbonyl (C=O) groups is 2. The average molecular weight is 589 g/mol. The number of benzene rings is 4. The molecule has 0 N–H and O–H groups in total. The summed E-state index contributed by atoms with van der Waals surface area (Å²) in [6.45, 7) is 0. The Kier molecular flexibility index (Phi) is 10.8. The van der Waals surface area contributed by atoms with Crippen molar-refractivity contribution < 1.29 is 19.1 Å². The van der Waals surface area contributed by atoms with Gasteiger partial charge in [0.2, 0.25) is 0 Å². The first-order valence-electron chi connectivity index (χ1n) is 14.5. The van der Waals surface area contributed by atoms with E-state index < -0.39 is 23.8 Å². The lowest BCUT2D eigenvalue weighted by atomic mass is 9.83. The molecule has 0 saturated heterocycles. The number of carbonyl (C=O) groups excluding carboxylic acids is 2. The van der Waals surface area contributed by atoms with E-state index in [0.29, 0.717) is 0 Å². The standard InChI is InChI=1S/C38H40N2O4/c1-39(2)32-21-17-29(18-22-32)34(27-13-9-7-10-14-27)25-31(36(37(41)43-5)38(42)44-6)26-35(28-15-11-8-12-16-28)30-19-23-33(24-20-30)40(3)4/h7-26,31,36H,1-6H3. The third-order valence-electron chi connectivity index (χ3n) is 7.57. The van der Waals surface area contributed by atoms with Gasteiger partial charge in [-0.05, 0) is 57.7 Å². The molecular weight excluding hydrogens is 548 g/mol. The summed E-state index contributed by atoms with van der Waals surface area (Å²) in [5.41, 5.74) is 7.69. The molecule has 4 rings (SSSR count). The maximum atomic E-state index is 13.3. The highest BCUT2D eigenvalue weighted by Gasteiger charge is 2.36. The Morgan fingerprint density at radius 2 is 0.841 bits per heavy atom. The van der Waals surface area contributed by atoms with Gasteiger partial charge < -0.3 is 19.3 Å². The topological polar surface area (TPSA) is 59.1 Å². The minimum absolute atomic E-state index is 0.667. The molecule has 0 amide bonds. The maximum Gasteiger partial charge on any atom is 0.320 e. The SMILES string of the molecule is COC(=O)C(C(=O)OC)C(C=C(c1ccccc1)c1ccc(N(C)C)cc1)C=C(c1ccccc1)c1ccc(N(C)C)cc1. The highest BCUT2D eigenvalue weighted by molar-refractivity contribution is 5.97. The van der Waals surface area contributed by atoms with E-state index in [9.17, 15) is 9.59 Å². The molecule has 6 nitrogen and oxygen atoms in total. The van der Waals surface area contributed by atoms with Gasteiger partial charge in [0.05, 0.1) is 14.2 Å². The number of rotatable bonds is 11. The van der Waals surface area contributed by atoms with E-state index in [1.54, 1.807) is 0 Å². The number of hydrogen-bond donors (Lipinski definition) is 0. The largest absolute Gasteiger partial charge is 0.468 e. The van der Waals surface area contributed by atoms with Crippen LogP contribution < -0.4 is 9.80 Å². The third kappa shape index (κ3) is 7.64. The summed E-state index contributed by atoms with van der Waals surface area (Å²) in [7, 11) is 10.6. The summed E-state index contributed by atoms with van der Waals surface area (Å²) in [6, 6.07) is 36.3. The quantitative estimate of drug-likeness (QED) is 0.139. The van der Waals surface area contributed by atoms with Gasteiger partial charge in [-0.25, -0.2) is 0 Å². The Labute approximate surface area is 260 Å². The molecule has 0 radical (unpaired) electrons. The number of esters is 2. The molecule has 0 fully saturated rings. The molecule has 0 aromatic heterocycles. The lowest BCUT2D eigenvalue weighted by molar-refractivity contribution is -0.159. The van der Waals surface area contributed by atoms with Gasteiger partial charge in [0.1, 0.15) is 0 Å². The molecule has 226 valence electrons. The smallest absolute Gasteiger partial charge is 0.320 e. The van der Waals surface area contributed by atoms with Gasteiger partial charge in [-0.15, -0.1) is 0 Å². The van der Waals surface area contributed by atoms with Gasteiger partial charge in [-0.3, -0.25) is 9.59 Å². The van der Waals surface area contributed by atoms with E-state index in [2.05, 4.69) is 48.5 Å². The van der Waals surface area contributed by atoms with Crippen LogP contribution in [0.3, 0.4) is 0 Å². The number of hydrogen-bond acceptors (Lipinski definition) is 6. The van der Waals surface area contributed by atoms with Crippen LogP contribution >= 0.6 is 0 Å². The van der Waals surface area contributed by atoms with E-state index in [4.69, 9.17) is 9.47 Å². The van der Waals surface area contributed by atoms with Crippen LogP contribution in [0.2, 0.25) is 0 Å². The molecule has 0 spiro atoms. The number of ether oxygens (including phenoxy) is 2. The summed E-state index contributed by atoms with van der Waals surface area (Å²) < 4.78 is 10.4. The van der Waals surface area contributed by atoms with Crippen LogP contribution in [0.1, 0.15) is 22.3 Å². The first kappa shape index (κ1) is 31.8.